The Hall–Kier alpha value is -3.55. The van der Waals surface area contributed by atoms with Gasteiger partial charge in [0, 0.05) is 34.4 Å². The summed E-state index contributed by atoms with van der Waals surface area (Å²) in [6, 6.07) is 21.5. The van der Waals surface area contributed by atoms with Gasteiger partial charge in [0.25, 0.3) is 0 Å². The lowest BCUT2D eigenvalue weighted by molar-refractivity contribution is 0.394. The van der Waals surface area contributed by atoms with Gasteiger partial charge in [-0.25, -0.2) is 0 Å². The van der Waals surface area contributed by atoms with E-state index in [1.165, 1.54) is 0 Å². The number of halogens is 1. The van der Waals surface area contributed by atoms with Crippen LogP contribution in [0.15, 0.2) is 72.9 Å². The van der Waals surface area contributed by atoms with E-state index in [2.05, 4.69) is 45.7 Å². The molecule has 0 spiro atoms. The number of hydrogen-bond donors (Lipinski definition) is 1. The summed E-state index contributed by atoms with van der Waals surface area (Å²) in [5.74, 6) is 1.39. The topological polar surface area (TPSA) is 51.5 Å². The standard InChI is InChI=1S/C28H27ClN4O2S/c1-17-14-22(18(2)32(17)20-9-7-8-19(29)15-20)27-26(23-10-5-6-13-30-23)31-28(36)33(27)24-12-11-21(34-3)16-25(24)35-4/h5-16,26-27H,1-4H3,(H,31,36)/t26-,27+/m1/s1. The number of ether oxygens (including phenoxy) is 2. The maximum Gasteiger partial charge on any atom is 0.174 e. The zero-order valence-electron chi connectivity index (χ0n) is 20.5. The summed E-state index contributed by atoms with van der Waals surface area (Å²) in [7, 11) is 3.29. The van der Waals surface area contributed by atoms with Crippen LogP contribution in [0.1, 0.15) is 34.7 Å². The largest absolute Gasteiger partial charge is 0.497 e. The van der Waals surface area contributed by atoms with E-state index in [1.807, 2.05) is 60.8 Å². The SMILES string of the molecule is COc1ccc(N2C(=S)N[C@H](c3ccccn3)[C@@H]2c2cc(C)n(-c3cccc(Cl)c3)c2C)c(OC)c1. The van der Waals surface area contributed by atoms with Crippen LogP contribution in [-0.4, -0.2) is 28.9 Å². The Morgan fingerprint density at radius 2 is 1.81 bits per heavy atom. The Kier molecular flexibility index (Phi) is 6.60. The number of hydrogen-bond acceptors (Lipinski definition) is 4. The third-order valence-electron chi connectivity index (χ3n) is 6.60. The van der Waals surface area contributed by atoms with Gasteiger partial charge in [0.15, 0.2) is 5.11 Å². The number of methoxy groups -OCH3 is 2. The molecule has 0 bridgehead atoms. The minimum absolute atomic E-state index is 0.168. The first-order valence-electron chi connectivity index (χ1n) is 11.6. The number of benzene rings is 2. The molecule has 0 saturated carbocycles. The van der Waals surface area contributed by atoms with Gasteiger partial charge >= 0.3 is 0 Å². The van der Waals surface area contributed by atoms with Crippen LogP contribution in [0, 0.1) is 13.8 Å². The summed E-state index contributed by atoms with van der Waals surface area (Å²) >= 11 is 12.3. The normalized spacial score (nSPS) is 17.2. The molecule has 1 aliphatic rings. The van der Waals surface area contributed by atoms with Gasteiger partial charge in [0.1, 0.15) is 11.5 Å². The fourth-order valence-corrected chi connectivity index (χ4v) is 5.54. The van der Waals surface area contributed by atoms with Gasteiger partial charge in [-0.3, -0.25) is 4.98 Å². The molecule has 0 aliphatic carbocycles. The molecule has 2 atom stereocenters. The number of thiocarbonyl (C=S) groups is 1. The van der Waals surface area contributed by atoms with Crippen LogP contribution >= 0.6 is 23.8 Å². The third-order valence-corrected chi connectivity index (χ3v) is 7.15. The zero-order chi connectivity index (χ0) is 25.4. The van der Waals surface area contributed by atoms with Crippen molar-refractivity contribution in [2.45, 2.75) is 25.9 Å². The van der Waals surface area contributed by atoms with Gasteiger partial charge in [-0.15, -0.1) is 0 Å². The molecule has 1 saturated heterocycles. The molecule has 1 aliphatic heterocycles. The molecule has 36 heavy (non-hydrogen) atoms. The average Bonchev–Trinajstić information content (AvgIpc) is 3.38. The third kappa shape index (κ3) is 4.18. The minimum atomic E-state index is -0.172. The summed E-state index contributed by atoms with van der Waals surface area (Å²) in [6.07, 6.45) is 1.81. The molecular formula is C28H27ClN4O2S. The lowest BCUT2D eigenvalue weighted by atomic mass is 9.96. The van der Waals surface area contributed by atoms with Gasteiger partial charge < -0.3 is 24.3 Å². The summed E-state index contributed by atoms with van der Waals surface area (Å²) in [4.78, 5) is 6.80. The van der Waals surface area contributed by atoms with E-state index < -0.39 is 0 Å². The Balaban J connectivity index is 1.70. The second-order valence-corrected chi connectivity index (χ2v) is 9.50. The number of anilines is 1. The highest BCUT2D eigenvalue weighted by atomic mass is 35.5. The lowest BCUT2D eigenvalue weighted by Crippen LogP contribution is -2.30. The van der Waals surface area contributed by atoms with Crippen molar-refractivity contribution in [3.05, 3.63) is 101 Å². The van der Waals surface area contributed by atoms with E-state index in [9.17, 15) is 0 Å². The highest BCUT2D eigenvalue weighted by molar-refractivity contribution is 7.80. The van der Waals surface area contributed by atoms with Crippen molar-refractivity contribution in [2.24, 2.45) is 0 Å². The molecule has 8 heteroatoms. The smallest absolute Gasteiger partial charge is 0.174 e. The predicted molar refractivity (Wildman–Crippen MR) is 148 cm³/mol. The minimum Gasteiger partial charge on any atom is -0.497 e. The van der Waals surface area contributed by atoms with Crippen molar-refractivity contribution in [1.82, 2.24) is 14.9 Å². The molecule has 5 rings (SSSR count). The van der Waals surface area contributed by atoms with Crippen molar-refractivity contribution in [3.8, 4) is 17.2 Å². The van der Waals surface area contributed by atoms with Crippen LogP contribution in [0.3, 0.4) is 0 Å². The van der Waals surface area contributed by atoms with E-state index in [4.69, 9.17) is 33.3 Å². The molecule has 0 unspecified atom stereocenters. The quantitative estimate of drug-likeness (QED) is 0.301. The Morgan fingerprint density at radius 1 is 0.972 bits per heavy atom. The van der Waals surface area contributed by atoms with Crippen LogP contribution in [0.2, 0.25) is 5.02 Å². The van der Waals surface area contributed by atoms with Crippen LogP contribution in [0.5, 0.6) is 11.5 Å². The van der Waals surface area contributed by atoms with Crippen LogP contribution < -0.4 is 19.7 Å². The molecule has 4 aromatic rings. The first-order valence-corrected chi connectivity index (χ1v) is 12.4. The van der Waals surface area contributed by atoms with E-state index in [0.29, 0.717) is 21.6 Å². The van der Waals surface area contributed by atoms with Crippen molar-refractivity contribution in [2.75, 3.05) is 19.1 Å². The van der Waals surface area contributed by atoms with Crippen molar-refractivity contribution in [3.63, 3.8) is 0 Å². The second-order valence-electron chi connectivity index (χ2n) is 8.68. The molecule has 2 aromatic heterocycles. The van der Waals surface area contributed by atoms with E-state index in [0.717, 1.165) is 34.0 Å². The summed E-state index contributed by atoms with van der Waals surface area (Å²) < 4.78 is 13.4. The predicted octanol–water partition coefficient (Wildman–Crippen LogP) is 6.34. The molecule has 184 valence electrons. The molecule has 0 radical (unpaired) electrons. The Bertz CT molecular complexity index is 1420. The fraction of sp³-hybridized carbons (Fsp3) is 0.214. The summed E-state index contributed by atoms with van der Waals surface area (Å²) in [5.41, 5.74) is 6.11. The van der Waals surface area contributed by atoms with Crippen LogP contribution in [0.25, 0.3) is 5.69 Å². The summed E-state index contributed by atoms with van der Waals surface area (Å²) in [5, 5.41) is 4.83. The number of aryl methyl sites for hydroxylation is 1. The van der Waals surface area contributed by atoms with Crippen LogP contribution in [0.4, 0.5) is 5.69 Å². The zero-order valence-corrected chi connectivity index (χ0v) is 22.1. The number of pyridine rings is 1. The van der Waals surface area contributed by atoms with E-state index in [-0.39, 0.29) is 12.1 Å². The number of nitrogens with one attached hydrogen (secondary N) is 1. The molecule has 1 N–H and O–H groups in total. The van der Waals surface area contributed by atoms with Gasteiger partial charge in [0.05, 0.1) is 37.7 Å². The first-order chi connectivity index (χ1) is 17.4. The van der Waals surface area contributed by atoms with Gasteiger partial charge in [-0.1, -0.05) is 23.7 Å². The molecular weight excluding hydrogens is 492 g/mol. The van der Waals surface area contributed by atoms with Crippen molar-refractivity contribution in [1.29, 1.82) is 0 Å². The van der Waals surface area contributed by atoms with E-state index >= 15 is 0 Å². The Labute approximate surface area is 221 Å². The van der Waals surface area contributed by atoms with Gasteiger partial charge in [-0.2, -0.15) is 0 Å². The highest BCUT2D eigenvalue weighted by Gasteiger charge is 2.43. The van der Waals surface area contributed by atoms with E-state index in [1.54, 1.807) is 14.2 Å². The molecule has 6 nitrogen and oxygen atoms in total. The monoisotopic (exact) mass is 518 g/mol. The first kappa shape index (κ1) is 24.2. The Morgan fingerprint density at radius 3 is 2.50 bits per heavy atom. The maximum atomic E-state index is 6.34. The molecule has 2 aromatic carbocycles. The summed E-state index contributed by atoms with van der Waals surface area (Å²) in [6.45, 7) is 4.23. The number of aromatic nitrogens is 2. The highest BCUT2D eigenvalue weighted by Crippen LogP contribution is 2.46. The molecule has 1 fully saturated rings. The average molecular weight is 519 g/mol. The molecule has 0 amide bonds. The molecule has 3 heterocycles. The fourth-order valence-electron chi connectivity index (χ4n) is 5.01. The van der Waals surface area contributed by atoms with Gasteiger partial charge in [0.2, 0.25) is 0 Å². The number of rotatable bonds is 6. The lowest BCUT2D eigenvalue weighted by Gasteiger charge is -2.29. The van der Waals surface area contributed by atoms with Gasteiger partial charge in [-0.05, 0) is 80.2 Å². The van der Waals surface area contributed by atoms with Crippen LogP contribution in [-0.2, 0) is 0 Å². The second kappa shape index (κ2) is 9.84. The van der Waals surface area contributed by atoms with Crippen molar-refractivity contribution < 1.29 is 9.47 Å². The van der Waals surface area contributed by atoms with Crippen molar-refractivity contribution >= 4 is 34.6 Å². The number of nitrogens with zero attached hydrogens (tertiary/aromatic N) is 3. The maximum absolute atomic E-state index is 6.34.